The molecule has 112 valence electrons. The smallest absolute Gasteiger partial charge is 0.287 e. The van der Waals surface area contributed by atoms with Crippen molar-refractivity contribution >= 4 is 17.3 Å². The fourth-order valence-electron chi connectivity index (χ4n) is 2.67. The predicted octanol–water partition coefficient (Wildman–Crippen LogP) is 0.325. The molecule has 1 saturated heterocycles. The van der Waals surface area contributed by atoms with Crippen LogP contribution in [0.5, 0.6) is 0 Å². The van der Waals surface area contributed by atoms with Crippen molar-refractivity contribution in [3.63, 3.8) is 0 Å². The van der Waals surface area contributed by atoms with Crippen molar-refractivity contribution in [1.82, 2.24) is 15.1 Å². The van der Waals surface area contributed by atoms with Crippen LogP contribution in [0, 0.1) is 5.92 Å². The second kappa shape index (κ2) is 7.06. The van der Waals surface area contributed by atoms with Gasteiger partial charge in [0, 0.05) is 13.1 Å². The molecule has 1 aromatic heterocycles. The first-order valence-corrected chi connectivity index (χ1v) is 7.31. The van der Waals surface area contributed by atoms with E-state index in [2.05, 4.69) is 15.3 Å². The Balaban J connectivity index is 2.20. The number of nitrogens with one attached hydrogen (secondary N) is 1. The maximum absolute atomic E-state index is 12.0. The van der Waals surface area contributed by atoms with E-state index in [1.165, 1.54) is 11.1 Å². The molecule has 7 heteroatoms. The molecule has 0 radical (unpaired) electrons. The molecule has 2 rings (SSSR count). The van der Waals surface area contributed by atoms with Crippen LogP contribution in [0.4, 0.5) is 5.69 Å². The summed E-state index contributed by atoms with van der Waals surface area (Å²) in [4.78, 5) is 14.2. The van der Waals surface area contributed by atoms with E-state index < -0.39 is 0 Å². The number of nitrogens with zero attached hydrogens (tertiary/aromatic N) is 3. The molecule has 1 atom stereocenters. The Kier molecular flexibility index (Phi) is 5.39. The summed E-state index contributed by atoms with van der Waals surface area (Å²) >= 11 is 6.18. The monoisotopic (exact) mass is 300 g/mol. The highest BCUT2D eigenvalue weighted by Gasteiger charge is 2.22. The molecule has 6 nitrogen and oxygen atoms in total. The lowest BCUT2D eigenvalue weighted by Crippen LogP contribution is -2.40. The Hall–Kier alpha value is -1.11. The first-order valence-electron chi connectivity index (χ1n) is 6.93. The van der Waals surface area contributed by atoms with Gasteiger partial charge in [-0.05, 0) is 32.4 Å². The van der Waals surface area contributed by atoms with Crippen LogP contribution in [-0.4, -0.2) is 48.2 Å². The molecule has 0 bridgehead atoms. The maximum Gasteiger partial charge on any atom is 0.287 e. The van der Waals surface area contributed by atoms with Crippen molar-refractivity contribution in [2.75, 3.05) is 38.2 Å². The van der Waals surface area contributed by atoms with E-state index in [0.29, 0.717) is 11.6 Å². The summed E-state index contributed by atoms with van der Waals surface area (Å²) in [7, 11) is 1.95. The van der Waals surface area contributed by atoms with Crippen LogP contribution in [0.1, 0.15) is 12.8 Å². The van der Waals surface area contributed by atoms with Gasteiger partial charge in [-0.3, -0.25) is 4.79 Å². The normalized spacial score (nSPS) is 19.4. The van der Waals surface area contributed by atoms with Gasteiger partial charge in [0.1, 0.15) is 5.02 Å². The van der Waals surface area contributed by atoms with Crippen molar-refractivity contribution in [3.05, 3.63) is 21.6 Å². The van der Waals surface area contributed by atoms with Crippen molar-refractivity contribution < 1.29 is 5.11 Å². The fourth-order valence-corrected chi connectivity index (χ4v) is 2.94. The second-order valence-corrected chi connectivity index (χ2v) is 5.49. The van der Waals surface area contributed by atoms with Gasteiger partial charge in [0.05, 0.1) is 25.0 Å². The summed E-state index contributed by atoms with van der Waals surface area (Å²) in [6.07, 6.45) is 3.90. The lowest BCUT2D eigenvalue weighted by atomic mass is 9.98. The predicted molar refractivity (Wildman–Crippen MR) is 79.5 cm³/mol. The number of aliphatic hydroxyl groups excluding tert-OH is 1. The van der Waals surface area contributed by atoms with E-state index in [-0.39, 0.29) is 23.7 Å². The summed E-state index contributed by atoms with van der Waals surface area (Å²) in [6, 6.07) is 0. The van der Waals surface area contributed by atoms with Gasteiger partial charge in [0.2, 0.25) is 0 Å². The summed E-state index contributed by atoms with van der Waals surface area (Å²) < 4.78 is 1.20. The Morgan fingerprint density at radius 2 is 2.40 bits per heavy atom. The van der Waals surface area contributed by atoms with Crippen molar-refractivity contribution in [3.8, 4) is 0 Å². The zero-order valence-electron chi connectivity index (χ0n) is 11.7. The molecular formula is C13H21ClN4O2. The highest BCUT2D eigenvalue weighted by Crippen LogP contribution is 2.26. The minimum atomic E-state index is -0.339. The third-order valence-electron chi connectivity index (χ3n) is 3.63. The lowest BCUT2D eigenvalue weighted by molar-refractivity contribution is 0.266. The van der Waals surface area contributed by atoms with Crippen LogP contribution in [0.2, 0.25) is 5.02 Å². The molecule has 1 aliphatic rings. The van der Waals surface area contributed by atoms with E-state index in [1.807, 2.05) is 7.05 Å². The third kappa shape index (κ3) is 3.31. The first kappa shape index (κ1) is 15.3. The van der Waals surface area contributed by atoms with Crippen LogP contribution in [0.3, 0.4) is 0 Å². The SMILES string of the molecule is CNCC1CCCN(c2cnn(CCO)c(=O)c2Cl)C1. The molecule has 0 aliphatic carbocycles. The molecule has 0 saturated carbocycles. The quantitative estimate of drug-likeness (QED) is 0.820. The van der Waals surface area contributed by atoms with Gasteiger partial charge in [-0.15, -0.1) is 0 Å². The number of hydrogen-bond donors (Lipinski definition) is 2. The standard InChI is InChI=1S/C13H21ClN4O2/c1-15-7-10-3-2-4-17(9-10)11-8-16-18(5-6-19)13(20)12(11)14/h8,10,15,19H,2-7,9H2,1H3. The molecule has 2 N–H and O–H groups in total. The molecule has 0 amide bonds. The molecular weight excluding hydrogens is 280 g/mol. The molecule has 20 heavy (non-hydrogen) atoms. The van der Waals surface area contributed by atoms with Crippen LogP contribution in [-0.2, 0) is 6.54 Å². The van der Waals surface area contributed by atoms with Gasteiger partial charge < -0.3 is 15.3 Å². The molecule has 0 spiro atoms. The van der Waals surface area contributed by atoms with E-state index in [0.717, 1.165) is 26.1 Å². The molecule has 2 heterocycles. The highest BCUT2D eigenvalue weighted by molar-refractivity contribution is 6.33. The molecule has 1 unspecified atom stereocenters. The topological polar surface area (TPSA) is 70.4 Å². The van der Waals surface area contributed by atoms with Crippen LogP contribution in [0.25, 0.3) is 0 Å². The summed E-state index contributed by atoms with van der Waals surface area (Å²) in [5.41, 5.74) is 0.362. The summed E-state index contributed by atoms with van der Waals surface area (Å²) in [6.45, 7) is 2.78. The average Bonchev–Trinajstić information content (AvgIpc) is 2.45. The molecule has 0 aromatic carbocycles. The first-order chi connectivity index (χ1) is 9.67. The van der Waals surface area contributed by atoms with E-state index >= 15 is 0 Å². The summed E-state index contributed by atoms with van der Waals surface area (Å²) in [5.74, 6) is 0.560. The molecule has 1 aromatic rings. The molecule has 1 aliphatic heterocycles. The van der Waals surface area contributed by atoms with Crippen LogP contribution >= 0.6 is 11.6 Å². The summed E-state index contributed by atoms with van der Waals surface area (Å²) in [5, 5.41) is 16.3. The Morgan fingerprint density at radius 1 is 1.60 bits per heavy atom. The van der Waals surface area contributed by atoms with Crippen molar-refractivity contribution in [2.24, 2.45) is 5.92 Å². The highest BCUT2D eigenvalue weighted by atomic mass is 35.5. The maximum atomic E-state index is 12.0. The number of aromatic nitrogens is 2. The third-order valence-corrected chi connectivity index (χ3v) is 3.99. The van der Waals surface area contributed by atoms with E-state index in [9.17, 15) is 4.79 Å². The zero-order chi connectivity index (χ0) is 14.5. The van der Waals surface area contributed by atoms with Crippen molar-refractivity contribution in [1.29, 1.82) is 0 Å². The number of anilines is 1. The van der Waals surface area contributed by atoms with Crippen molar-refractivity contribution in [2.45, 2.75) is 19.4 Å². The number of rotatable bonds is 5. The van der Waals surface area contributed by atoms with Gasteiger partial charge >= 0.3 is 0 Å². The average molecular weight is 301 g/mol. The van der Waals surface area contributed by atoms with Gasteiger partial charge in [-0.25, -0.2) is 4.68 Å². The fraction of sp³-hybridized carbons (Fsp3) is 0.692. The number of halogens is 1. The zero-order valence-corrected chi connectivity index (χ0v) is 12.4. The van der Waals surface area contributed by atoms with Gasteiger partial charge in [0.15, 0.2) is 0 Å². The lowest BCUT2D eigenvalue weighted by Gasteiger charge is -2.34. The van der Waals surface area contributed by atoms with Crippen LogP contribution < -0.4 is 15.8 Å². The second-order valence-electron chi connectivity index (χ2n) is 5.11. The van der Waals surface area contributed by atoms with E-state index in [4.69, 9.17) is 16.7 Å². The van der Waals surface area contributed by atoms with Gasteiger partial charge in [-0.1, -0.05) is 11.6 Å². The van der Waals surface area contributed by atoms with Gasteiger partial charge in [0.25, 0.3) is 5.56 Å². The van der Waals surface area contributed by atoms with E-state index in [1.54, 1.807) is 6.20 Å². The van der Waals surface area contributed by atoms with Gasteiger partial charge in [-0.2, -0.15) is 5.10 Å². The van der Waals surface area contributed by atoms with Crippen LogP contribution in [0.15, 0.2) is 11.0 Å². The minimum Gasteiger partial charge on any atom is -0.394 e. The largest absolute Gasteiger partial charge is 0.394 e. The number of aliphatic hydroxyl groups is 1. The Morgan fingerprint density at radius 3 is 3.10 bits per heavy atom. The minimum absolute atomic E-state index is 0.128. The Bertz CT molecular complexity index is 504. The number of piperidine rings is 1. The molecule has 1 fully saturated rings. The Labute approximate surface area is 123 Å². The number of hydrogen-bond acceptors (Lipinski definition) is 5.